The molecule has 1 aromatic carbocycles. The first-order valence-electron chi connectivity index (χ1n) is 8.01. The van der Waals surface area contributed by atoms with Crippen LogP contribution in [0.5, 0.6) is 5.75 Å². The standard InChI is InChI=1S/C17H28N4O2/c1-5-23-15-9-7-6-8-14(15)12-20-17(18-4)19-11-10-16(22)21-13(2)3/h6-9,13H,5,10-12H2,1-4H3,(H,21,22)(H2,18,19,20). The summed E-state index contributed by atoms with van der Waals surface area (Å²) in [5, 5.41) is 9.22. The molecule has 0 heterocycles. The molecule has 0 saturated carbocycles. The van der Waals surface area contributed by atoms with Crippen LogP contribution in [0.4, 0.5) is 0 Å². The van der Waals surface area contributed by atoms with Gasteiger partial charge in [0.05, 0.1) is 6.61 Å². The molecule has 0 spiro atoms. The lowest BCUT2D eigenvalue weighted by molar-refractivity contribution is -0.121. The molecule has 0 radical (unpaired) electrons. The number of rotatable bonds is 8. The number of carbonyl (C=O) groups is 1. The number of guanidine groups is 1. The second-order valence-electron chi connectivity index (χ2n) is 5.37. The average Bonchev–Trinajstić information content (AvgIpc) is 2.51. The van der Waals surface area contributed by atoms with Crippen LogP contribution in [-0.2, 0) is 11.3 Å². The summed E-state index contributed by atoms with van der Waals surface area (Å²) < 4.78 is 5.60. The molecule has 6 nitrogen and oxygen atoms in total. The van der Waals surface area contributed by atoms with Gasteiger partial charge in [-0.05, 0) is 26.8 Å². The normalized spacial score (nSPS) is 11.3. The van der Waals surface area contributed by atoms with E-state index in [-0.39, 0.29) is 11.9 Å². The molecule has 1 rings (SSSR count). The third-order valence-electron chi connectivity index (χ3n) is 3.04. The largest absolute Gasteiger partial charge is 0.494 e. The summed E-state index contributed by atoms with van der Waals surface area (Å²) in [6.45, 7) is 7.63. The molecule has 0 aliphatic carbocycles. The van der Waals surface area contributed by atoms with Crippen molar-refractivity contribution in [3.63, 3.8) is 0 Å². The molecule has 1 amide bonds. The number of hydrogen-bond donors (Lipinski definition) is 3. The van der Waals surface area contributed by atoms with E-state index in [1.807, 2.05) is 45.0 Å². The predicted octanol–water partition coefficient (Wildman–Crippen LogP) is 1.67. The van der Waals surface area contributed by atoms with Crippen molar-refractivity contribution in [3.8, 4) is 5.75 Å². The quantitative estimate of drug-likeness (QED) is 0.503. The van der Waals surface area contributed by atoms with Gasteiger partial charge in [0.1, 0.15) is 5.75 Å². The van der Waals surface area contributed by atoms with Crippen LogP contribution >= 0.6 is 0 Å². The van der Waals surface area contributed by atoms with Crippen molar-refractivity contribution < 1.29 is 9.53 Å². The molecule has 1 aromatic rings. The van der Waals surface area contributed by atoms with E-state index in [2.05, 4.69) is 20.9 Å². The van der Waals surface area contributed by atoms with E-state index in [0.717, 1.165) is 11.3 Å². The van der Waals surface area contributed by atoms with Crippen LogP contribution < -0.4 is 20.7 Å². The second kappa shape index (κ2) is 10.5. The Morgan fingerprint density at radius 2 is 2.00 bits per heavy atom. The molecule has 0 aliphatic rings. The third kappa shape index (κ3) is 7.54. The van der Waals surface area contributed by atoms with E-state index in [9.17, 15) is 4.79 Å². The van der Waals surface area contributed by atoms with Gasteiger partial charge in [0.2, 0.25) is 5.91 Å². The molecular formula is C17H28N4O2. The Hall–Kier alpha value is -2.24. The van der Waals surface area contributed by atoms with Gasteiger partial charge >= 0.3 is 0 Å². The van der Waals surface area contributed by atoms with E-state index in [4.69, 9.17) is 4.74 Å². The number of hydrogen-bond acceptors (Lipinski definition) is 3. The minimum absolute atomic E-state index is 0.0321. The van der Waals surface area contributed by atoms with Crippen molar-refractivity contribution in [3.05, 3.63) is 29.8 Å². The van der Waals surface area contributed by atoms with Crippen molar-refractivity contribution in [2.75, 3.05) is 20.2 Å². The fourth-order valence-corrected chi connectivity index (χ4v) is 2.03. The van der Waals surface area contributed by atoms with Gasteiger partial charge < -0.3 is 20.7 Å². The highest BCUT2D eigenvalue weighted by Crippen LogP contribution is 2.17. The van der Waals surface area contributed by atoms with Crippen molar-refractivity contribution in [1.82, 2.24) is 16.0 Å². The summed E-state index contributed by atoms with van der Waals surface area (Å²) in [5.74, 6) is 1.56. The number of aliphatic imine (C=N–C) groups is 1. The van der Waals surface area contributed by atoms with Gasteiger partial charge in [0.25, 0.3) is 0 Å². The lowest BCUT2D eigenvalue weighted by Crippen LogP contribution is -2.39. The highest BCUT2D eigenvalue weighted by molar-refractivity contribution is 5.81. The number of benzene rings is 1. The zero-order valence-electron chi connectivity index (χ0n) is 14.5. The van der Waals surface area contributed by atoms with Gasteiger partial charge in [-0.15, -0.1) is 0 Å². The van der Waals surface area contributed by atoms with E-state index in [0.29, 0.717) is 32.1 Å². The molecule has 128 valence electrons. The average molecular weight is 320 g/mol. The fraction of sp³-hybridized carbons (Fsp3) is 0.529. The summed E-state index contributed by atoms with van der Waals surface area (Å²) in [6.07, 6.45) is 0.411. The van der Waals surface area contributed by atoms with Crippen LogP contribution in [0.15, 0.2) is 29.3 Å². The topological polar surface area (TPSA) is 74.8 Å². The van der Waals surface area contributed by atoms with Gasteiger partial charge in [-0.1, -0.05) is 18.2 Å². The molecule has 0 bridgehead atoms. The smallest absolute Gasteiger partial charge is 0.221 e. The summed E-state index contributed by atoms with van der Waals surface area (Å²) >= 11 is 0. The lowest BCUT2D eigenvalue weighted by Gasteiger charge is -2.14. The van der Waals surface area contributed by atoms with Crippen LogP contribution in [0.1, 0.15) is 32.8 Å². The zero-order valence-corrected chi connectivity index (χ0v) is 14.5. The molecule has 0 atom stereocenters. The molecule has 0 unspecified atom stereocenters. The number of carbonyl (C=O) groups excluding carboxylic acids is 1. The number of amides is 1. The molecule has 0 aliphatic heterocycles. The molecule has 3 N–H and O–H groups in total. The Bertz CT molecular complexity index is 515. The minimum atomic E-state index is 0.0321. The molecule has 0 fully saturated rings. The van der Waals surface area contributed by atoms with E-state index < -0.39 is 0 Å². The van der Waals surface area contributed by atoms with Crippen LogP contribution in [0.25, 0.3) is 0 Å². The lowest BCUT2D eigenvalue weighted by atomic mass is 10.2. The Kier molecular flexibility index (Phi) is 8.57. The van der Waals surface area contributed by atoms with Gasteiger partial charge in [-0.2, -0.15) is 0 Å². The Morgan fingerprint density at radius 3 is 2.65 bits per heavy atom. The van der Waals surface area contributed by atoms with Gasteiger partial charge in [0.15, 0.2) is 5.96 Å². The van der Waals surface area contributed by atoms with Crippen molar-refractivity contribution in [1.29, 1.82) is 0 Å². The van der Waals surface area contributed by atoms with Crippen LogP contribution in [0.2, 0.25) is 0 Å². The van der Waals surface area contributed by atoms with Gasteiger partial charge in [-0.25, -0.2) is 0 Å². The van der Waals surface area contributed by atoms with Crippen LogP contribution in [-0.4, -0.2) is 38.1 Å². The van der Waals surface area contributed by atoms with E-state index in [1.54, 1.807) is 7.05 Å². The molecule has 23 heavy (non-hydrogen) atoms. The number of nitrogens with zero attached hydrogens (tertiary/aromatic N) is 1. The third-order valence-corrected chi connectivity index (χ3v) is 3.04. The monoisotopic (exact) mass is 320 g/mol. The fourth-order valence-electron chi connectivity index (χ4n) is 2.03. The first-order valence-corrected chi connectivity index (χ1v) is 8.01. The van der Waals surface area contributed by atoms with Crippen LogP contribution in [0, 0.1) is 0 Å². The molecule has 0 saturated heterocycles. The zero-order chi connectivity index (χ0) is 17.1. The minimum Gasteiger partial charge on any atom is -0.494 e. The van der Waals surface area contributed by atoms with Crippen molar-refractivity contribution in [2.45, 2.75) is 39.8 Å². The highest BCUT2D eigenvalue weighted by Gasteiger charge is 2.06. The van der Waals surface area contributed by atoms with Crippen LogP contribution in [0.3, 0.4) is 0 Å². The van der Waals surface area contributed by atoms with Crippen molar-refractivity contribution >= 4 is 11.9 Å². The van der Waals surface area contributed by atoms with E-state index in [1.165, 1.54) is 0 Å². The molecule has 0 aromatic heterocycles. The Morgan fingerprint density at radius 1 is 1.26 bits per heavy atom. The maximum atomic E-state index is 11.6. The first-order chi connectivity index (χ1) is 11.1. The number of ether oxygens (including phenoxy) is 1. The Balaban J connectivity index is 2.41. The van der Waals surface area contributed by atoms with Gasteiger partial charge in [0, 0.05) is 38.2 Å². The molecule has 6 heteroatoms. The molecular weight excluding hydrogens is 292 g/mol. The summed E-state index contributed by atoms with van der Waals surface area (Å²) in [7, 11) is 1.71. The van der Waals surface area contributed by atoms with Gasteiger partial charge in [-0.3, -0.25) is 9.79 Å². The summed E-state index contributed by atoms with van der Waals surface area (Å²) in [6, 6.07) is 8.06. The summed E-state index contributed by atoms with van der Waals surface area (Å²) in [4.78, 5) is 15.7. The van der Waals surface area contributed by atoms with E-state index >= 15 is 0 Å². The Labute approximate surface area is 138 Å². The number of nitrogens with one attached hydrogen (secondary N) is 3. The highest BCUT2D eigenvalue weighted by atomic mass is 16.5. The van der Waals surface area contributed by atoms with Crippen molar-refractivity contribution in [2.24, 2.45) is 4.99 Å². The number of para-hydroxylation sites is 1. The SMILES string of the molecule is CCOc1ccccc1CNC(=NC)NCCC(=O)NC(C)C. The summed E-state index contributed by atoms with van der Waals surface area (Å²) in [5.41, 5.74) is 1.06. The first kappa shape index (κ1) is 18.8. The maximum Gasteiger partial charge on any atom is 0.221 e. The predicted molar refractivity (Wildman–Crippen MR) is 93.7 cm³/mol. The second-order valence-corrected chi connectivity index (χ2v) is 5.37. The maximum absolute atomic E-state index is 11.6.